The first-order valence-electron chi connectivity index (χ1n) is 6.18. The third kappa shape index (κ3) is 2.55. The van der Waals surface area contributed by atoms with Gasteiger partial charge in [-0.25, -0.2) is 4.98 Å². The number of piperidine rings is 1. The van der Waals surface area contributed by atoms with E-state index in [1.807, 2.05) is 14.0 Å². The Morgan fingerprint density at radius 2 is 2.38 bits per heavy atom. The van der Waals surface area contributed by atoms with Gasteiger partial charge in [-0.05, 0) is 32.9 Å². The molecule has 0 aromatic carbocycles. The fraction of sp³-hybridized carbons (Fsp3) is 0.750. The normalized spacial score (nSPS) is 22.3. The Bertz CT molecular complexity index is 345. The predicted molar refractivity (Wildman–Crippen MR) is 66.7 cm³/mol. The van der Waals surface area contributed by atoms with Gasteiger partial charge >= 0.3 is 0 Å². The van der Waals surface area contributed by atoms with Gasteiger partial charge in [0.1, 0.15) is 0 Å². The van der Waals surface area contributed by atoms with E-state index in [1.165, 1.54) is 19.4 Å². The van der Waals surface area contributed by atoms with Gasteiger partial charge in [0.25, 0.3) is 0 Å². The zero-order valence-electron chi connectivity index (χ0n) is 10.5. The lowest BCUT2D eigenvalue weighted by Crippen LogP contribution is -2.42. The number of anilines is 1. The molecule has 0 bridgehead atoms. The Balaban J connectivity index is 1.96. The van der Waals surface area contributed by atoms with Crippen LogP contribution in [0.25, 0.3) is 0 Å². The summed E-state index contributed by atoms with van der Waals surface area (Å²) < 4.78 is 2.07. The number of hydrogen-bond acceptors (Lipinski definition) is 3. The monoisotopic (exact) mass is 222 g/mol. The molecule has 4 heteroatoms. The van der Waals surface area contributed by atoms with E-state index in [-0.39, 0.29) is 0 Å². The minimum absolute atomic E-state index is 0.550. The lowest BCUT2D eigenvalue weighted by molar-refractivity contribution is 0.226. The van der Waals surface area contributed by atoms with Crippen LogP contribution >= 0.6 is 0 Å². The van der Waals surface area contributed by atoms with Crippen LogP contribution in [0.3, 0.4) is 0 Å². The summed E-state index contributed by atoms with van der Waals surface area (Å²) in [6, 6.07) is 0.550. The van der Waals surface area contributed by atoms with Crippen LogP contribution in [0, 0.1) is 6.92 Å². The van der Waals surface area contributed by atoms with Gasteiger partial charge in [0.05, 0.1) is 5.69 Å². The molecular weight excluding hydrogens is 200 g/mol. The van der Waals surface area contributed by atoms with Crippen molar-refractivity contribution < 1.29 is 0 Å². The second-order valence-electron chi connectivity index (χ2n) is 4.69. The van der Waals surface area contributed by atoms with Crippen molar-refractivity contribution >= 4 is 5.95 Å². The molecule has 1 atom stereocenters. The van der Waals surface area contributed by atoms with Gasteiger partial charge < -0.3 is 14.8 Å². The fourth-order valence-corrected chi connectivity index (χ4v) is 2.39. The SMILES string of the molecule is CCN1CCCC(Nc2nc(C)cn2C)C1. The molecule has 1 aliphatic heterocycles. The van der Waals surface area contributed by atoms with E-state index in [0.717, 1.165) is 24.7 Å². The molecule has 1 aliphatic rings. The smallest absolute Gasteiger partial charge is 0.203 e. The summed E-state index contributed by atoms with van der Waals surface area (Å²) in [6.45, 7) is 7.80. The summed E-state index contributed by atoms with van der Waals surface area (Å²) in [4.78, 5) is 6.99. The van der Waals surface area contributed by atoms with Crippen molar-refractivity contribution in [3.05, 3.63) is 11.9 Å². The molecule has 1 aromatic rings. The molecule has 90 valence electrons. The molecule has 0 radical (unpaired) electrons. The molecule has 1 aromatic heterocycles. The van der Waals surface area contributed by atoms with Crippen molar-refractivity contribution in [3.63, 3.8) is 0 Å². The van der Waals surface area contributed by atoms with Gasteiger partial charge in [-0.2, -0.15) is 0 Å². The molecule has 0 saturated carbocycles. The van der Waals surface area contributed by atoms with E-state index in [9.17, 15) is 0 Å². The molecule has 0 amide bonds. The second-order valence-corrected chi connectivity index (χ2v) is 4.69. The maximum atomic E-state index is 4.49. The molecule has 1 saturated heterocycles. The minimum atomic E-state index is 0.550. The van der Waals surface area contributed by atoms with Gasteiger partial charge in [-0.1, -0.05) is 6.92 Å². The number of aryl methyl sites for hydroxylation is 2. The lowest BCUT2D eigenvalue weighted by atomic mass is 10.1. The molecule has 1 fully saturated rings. The number of likely N-dealkylation sites (tertiary alicyclic amines) is 1. The molecular formula is C12H22N4. The van der Waals surface area contributed by atoms with Crippen LogP contribution in [0.5, 0.6) is 0 Å². The van der Waals surface area contributed by atoms with E-state index in [2.05, 4.69) is 32.9 Å². The predicted octanol–water partition coefficient (Wildman–Crippen LogP) is 1.62. The Kier molecular flexibility index (Phi) is 3.49. The second kappa shape index (κ2) is 4.87. The first-order chi connectivity index (χ1) is 7.69. The van der Waals surface area contributed by atoms with Crippen LogP contribution in [0.4, 0.5) is 5.95 Å². The number of rotatable bonds is 3. The van der Waals surface area contributed by atoms with Crippen LogP contribution in [0.15, 0.2) is 6.20 Å². The standard InChI is InChI=1S/C12H22N4/c1-4-16-7-5-6-11(9-16)14-12-13-10(2)8-15(12)3/h8,11H,4-7,9H2,1-3H3,(H,13,14). The first-order valence-corrected chi connectivity index (χ1v) is 6.18. The summed E-state index contributed by atoms with van der Waals surface area (Å²) in [6.07, 6.45) is 4.60. The van der Waals surface area contributed by atoms with Gasteiger partial charge in [-0.3, -0.25) is 0 Å². The summed E-state index contributed by atoms with van der Waals surface area (Å²) in [5.41, 5.74) is 1.08. The Hall–Kier alpha value is -1.03. The van der Waals surface area contributed by atoms with Crippen molar-refractivity contribution in [1.82, 2.24) is 14.5 Å². The van der Waals surface area contributed by atoms with Crippen molar-refractivity contribution in [2.75, 3.05) is 25.0 Å². The molecule has 0 spiro atoms. The van der Waals surface area contributed by atoms with E-state index in [1.54, 1.807) is 0 Å². The fourth-order valence-electron chi connectivity index (χ4n) is 2.39. The average molecular weight is 222 g/mol. The van der Waals surface area contributed by atoms with Gasteiger partial charge in [-0.15, -0.1) is 0 Å². The van der Waals surface area contributed by atoms with Gasteiger partial charge in [0.2, 0.25) is 5.95 Å². The van der Waals surface area contributed by atoms with E-state index in [4.69, 9.17) is 0 Å². The Labute approximate surface area is 97.7 Å². The maximum Gasteiger partial charge on any atom is 0.203 e. The van der Waals surface area contributed by atoms with Crippen LogP contribution in [-0.2, 0) is 7.05 Å². The molecule has 2 rings (SSSR count). The summed E-state index contributed by atoms with van der Waals surface area (Å²) in [5, 5.41) is 3.54. The Morgan fingerprint density at radius 1 is 1.56 bits per heavy atom. The number of nitrogens with zero attached hydrogens (tertiary/aromatic N) is 3. The minimum Gasteiger partial charge on any atom is -0.352 e. The molecule has 0 aliphatic carbocycles. The van der Waals surface area contributed by atoms with Gasteiger partial charge in [0.15, 0.2) is 0 Å². The molecule has 4 nitrogen and oxygen atoms in total. The van der Waals surface area contributed by atoms with E-state index in [0.29, 0.717) is 6.04 Å². The highest BCUT2D eigenvalue weighted by molar-refractivity contribution is 5.30. The number of imidazole rings is 1. The van der Waals surface area contributed by atoms with Crippen LogP contribution < -0.4 is 5.32 Å². The summed E-state index contributed by atoms with van der Waals surface area (Å²) in [7, 11) is 2.04. The van der Waals surface area contributed by atoms with Crippen molar-refractivity contribution in [2.45, 2.75) is 32.7 Å². The quantitative estimate of drug-likeness (QED) is 0.843. The van der Waals surface area contributed by atoms with E-state index < -0.39 is 0 Å². The lowest BCUT2D eigenvalue weighted by Gasteiger charge is -2.32. The number of aromatic nitrogens is 2. The highest BCUT2D eigenvalue weighted by atomic mass is 15.2. The third-order valence-corrected chi connectivity index (χ3v) is 3.28. The van der Waals surface area contributed by atoms with Gasteiger partial charge in [0, 0.05) is 25.8 Å². The zero-order valence-corrected chi connectivity index (χ0v) is 10.5. The summed E-state index contributed by atoms with van der Waals surface area (Å²) >= 11 is 0. The van der Waals surface area contributed by atoms with E-state index >= 15 is 0 Å². The molecule has 1 unspecified atom stereocenters. The van der Waals surface area contributed by atoms with Crippen molar-refractivity contribution in [2.24, 2.45) is 7.05 Å². The van der Waals surface area contributed by atoms with Crippen molar-refractivity contribution in [1.29, 1.82) is 0 Å². The molecule has 2 heterocycles. The highest BCUT2D eigenvalue weighted by Crippen LogP contribution is 2.15. The molecule has 1 N–H and O–H groups in total. The largest absolute Gasteiger partial charge is 0.352 e. The zero-order chi connectivity index (χ0) is 11.5. The first kappa shape index (κ1) is 11.5. The van der Waals surface area contributed by atoms with Crippen LogP contribution in [-0.4, -0.2) is 40.1 Å². The maximum absolute atomic E-state index is 4.49. The Morgan fingerprint density at radius 3 is 3.00 bits per heavy atom. The highest BCUT2D eigenvalue weighted by Gasteiger charge is 2.19. The number of nitrogens with one attached hydrogen (secondary N) is 1. The topological polar surface area (TPSA) is 33.1 Å². The molecule has 16 heavy (non-hydrogen) atoms. The van der Waals surface area contributed by atoms with Crippen LogP contribution in [0.1, 0.15) is 25.5 Å². The van der Waals surface area contributed by atoms with Crippen molar-refractivity contribution in [3.8, 4) is 0 Å². The third-order valence-electron chi connectivity index (χ3n) is 3.28. The number of hydrogen-bond donors (Lipinski definition) is 1. The van der Waals surface area contributed by atoms with Crippen LogP contribution in [0.2, 0.25) is 0 Å². The summed E-state index contributed by atoms with van der Waals surface area (Å²) in [5.74, 6) is 1.00. The average Bonchev–Trinajstić information content (AvgIpc) is 2.58. The number of likely N-dealkylation sites (N-methyl/N-ethyl adjacent to an activating group) is 1.